The Labute approximate surface area is 244 Å². The van der Waals surface area contributed by atoms with Gasteiger partial charge in [-0.05, 0) is 74.7 Å². The van der Waals surface area contributed by atoms with E-state index in [0.717, 1.165) is 5.56 Å². The normalized spacial score (nSPS) is 15.9. The predicted octanol–water partition coefficient (Wildman–Crippen LogP) is 3.78. The molecule has 12 heteroatoms. The van der Waals surface area contributed by atoms with Gasteiger partial charge >= 0.3 is 12.1 Å². The number of anilines is 1. The fraction of sp³-hybridized carbons (Fsp3) is 0.467. The molecular weight excluding hydrogens is 549 g/mol. The standard InChI is InChI=1S/C30H38FN3O8/c1-7-23(31)26(33-29(38)42-30(2,3)4)28(37)34-16-19-14-22(41-17-25(35)40-6)11-8-18(19)15-24(34)27(36)32-20-9-12-21(39-5)13-10-20/h8-14,23-24,26H,7,15-17H2,1-6H3,(H,32,36)(H,33,38)/t23-,24-,26+/m0/s1. The van der Waals surface area contributed by atoms with Crippen LogP contribution in [0.3, 0.4) is 0 Å². The fourth-order valence-electron chi connectivity index (χ4n) is 4.37. The number of ether oxygens (including phenoxy) is 4. The lowest BCUT2D eigenvalue weighted by atomic mass is 9.92. The van der Waals surface area contributed by atoms with Crippen LogP contribution < -0.4 is 20.1 Å². The second kappa shape index (κ2) is 14.0. The van der Waals surface area contributed by atoms with Crippen LogP contribution in [0.25, 0.3) is 0 Å². The Bertz CT molecular complexity index is 1280. The summed E-state index contributed by atoms with van der Waals surface area (Å²) < 4.78 is 35.8. The van der Waals surface area contributed by atoms with Gasteiger partial charge in [-0.3, -0.25) is 9.59 Å². The van der Waals surface area contributed by atoms with Crippen molar-refractivity contribution >= 4 is 29.6 Å². The van der Waals surface area contributed by atoms with Crippen molar-refractivity contribution < 1.29 is 42.5 Å². The maximum absolute atomic E-state index is 15.2. The van der Waals surface area contributed by atoms with Crippen molar-refractivity contribution in [1.82, 2.24) is 10.2 Å². The third-order valence-corrected chi connectivity index (χ3v) is 6.53. The van der Waals surface area contributed by atoms with Gasteiger partial charge in [-0.15, -0.1) is 0 Å². The second-order valence-corrected chi connectivity index (χ2v) is 10.7. The van der Waals surface area contributed by atoms with E-state index >= 15 is 4.39 Å². The molecule has 2 aromatic carbocycles. The van der Waals surface area contributed by atoms with Crippen molar-refractivity contribution in [3.8, 4) is 11.5 Å². The molecule has 3 amide bonds. The van der Waals surface area contributed by atoms with Crippen LogP contribution >= 0.6 is 0 Å². The highest BCUT2D eigenvalue weighted by atomic mass is 19.1. The van der Waals surface area contributed by atoms with Gasteiger partial charge in [0.25, 0.3) is 0 Å². The molecule has 0 saturated heterocycles. The summed E-state index contributed by atoms with van der Waals surface area (Å²) in [6, 6.07) is 9.11. The molecule has 0 radical (unpaired) electrons. The Balaban J connectivity index is 1.94. The van der Waals surface area contributed by atoms with Crippen LogP contribution in [0.1, 0.15) is 45.2 Å². The summed E-state index contributed by atoms with van der Waals surface area (Å²) in [5, 5.41) is 5.18. The number of nitrogens with zero attached hydrogens (tertiary/aromatic N) is 1. The van der Waals surface area contributed by atoms with Crippen molar-refractivity contribution in [2.24, 2.45) is 0 Å². The number of methoxy groups -OCH3 is 2. The molecule has 1 heterocycles. The van der Waals surface area contributed by atoms with Crippen LogP contribution in [0, 0.1) is 0 Å². The minimum Gasteiger partial charge on any atom is -0.497 e. The zero-order valence-corrected chi connectivity index (χ0v) is 24.7. The first-order valence-corrected chi connectivity index (χ1v) is 13.6. The van der Waals surface area contributed by atoms with E-state index in [2.05, 4.69) is 15.4 Å². The van der Waals surface area contributed by atoms with E-state index in [1.807, 2.05) is 0 Å². The van der Waals surface area contributed by atoms with Gasteiger partial charge in [0.15, 0.2) is 6.61 Å². The largest absolute Gasteiger partial charge is 0.497 e. The van der Waals surface area contributed by atoms with Crippen molar-refractivity contribution in [1.29, 1.82) is 0 Å². The van der Waals surface area contributed by atoms with Crippen LogP contribution in [0.2, 0.25) is 0 Å². The van der Waals surface area contributed by atoms with Gasteiger partial charge in [0.2, 0.25) is 11.8 Å². The Morgan fingerprint density at radius 1 is 1.02 bits per heavy atom. The molecule has 3 rings (SSSR count). The highest BCUT2D eigenvalue weighted by Gasteiger charge is 2.41. The van der Waals surface area contributed by atoms with Crippen molar-refractivity contribution in [3.63, 3.8) is 0 Å². The highest BCUT2D eigenvalue weighted by molar-refractivity contribution is 5.99. The maximum atomic E-state index is 15.2. The summed E-state index contributed by atoms with van der Waals surface area (Å²) in [6.07, 6.45) is -2.65. The number of rotatable bonds is 10. The van der Waals surface area contributed by atoms with Crippen molar-refractivity contribution in [3.05, 3.63) is 53.6 Å². The number of halogens is 1. The summed E-state index contributed by atoms with van der Waals surface area (Å²) in [4.78, 5) is 52.8. The van der Waals surface area contributed by atoms with E-state index < -0.39 is 47.7 Å². The van der Waals surface area contributed by atoms with Gasteiger partial charge in [0, 0.05) is 18.7 Å². The molecule has 2 N–H and O–H groups in total. The van der Waals surface area contributed by atoms with E-state index in [9.17, 15) is 19.2 Å². The first-order chi connectivity index (χ1) is 19.8. The lowest BCUT2D eigenvalue weighted by Crippen LogP contribution is -2.59. The van der Waals surface area contributed by atoms with Crippen molar-refractivity contribution in [2.45, 2.75) is 70.9 Å². The van der Waals surface area contributed by atoms with Gasteiger partial charge in [-0.1, -0.05) is 13.0 Å². The minimum absolute atomic E-state index is 0.0646. The molecule has 0 fully saturated rings. The topological polar surface area (TPSA) is 132 Å². The Hall–Kier alpha value is -4.35. The molecule has 42 heavy (non-hydrogen) atoms. The summed E-state index contributed by atoms with van der Waals surface area (Å²) in [5.41, 5.74) is 1.01. The van der Waals surface area contributed by atoms with Crippen LogP contribution in [0.5, 0.6) is 11.5 Å². The van der Waals surface area contributed by atoms with Crippen LogP contribution in [-0.2, 0) is 36.8 Å². The summed E-state index contributed by atoms with van der Waals surface area (Å²) in [6.45, 7) is 6.11. The number of benzene rings is 2. The Kier molecular flexibility index (Phi) is 10.7. The van der Waals surface area contributed by atoms with Crippen LogP contribution in [-0.4, -0.2) is 73.5 Å². The lowest BCUT2D eigenvalue weighted by molar-refractivity contribution is -0.143. The van der Waals surface area contributed by atoms with Gasteiger partial charge in [0.05, 0.1) is 14.2 Å². The number of carbonyl (C=O) groups is 4. The summed E-state index contributed by atoms with van der Waals surface area (Å²) in [5.74, 6) is -0.881. The van der Waals surface area contributed by atoms with Gasteiger partial charge in [-0.25, -0.2) is 14.0 Å². The smallest absolute Gasteiger partial charge is 0.408 e. The number of alkyl halides is 1. The predicted molar refractivity (Wildman–Crippen MR) is 152 cm³/mol. The number of amides is 3. The van der Waals surface area contributed by atoms with E-state index in [1.54, 1.807) is 70.2 Å². The Morgan fingerprint density at radius 3 is 2.29 bits per heavy atom. The number of fused-ring (bicyclic) bond motifs is 1. The zero-order chi connectivity index (χ0) is 31.0. The molecule has 0 aromatic heterocycles. The molecule has 228 valence electrons. The van der Waals surface area contributed by atoms with Gasteiger partial charge in [-0.2, -0.15) is 0 Å². The number of hydrogen-bond donors (Lipinski definition) is 2. The number of nitrogens with one attached hydrogen (secondary N) is 2. The molecule has 1 aliphatic rings. The molecule has 1 aliphatic heterocycles. The molecule has 2 aromatic rings. The maximum Gasteiger partial charge on any atom is 0.408 e. The first kappa shape index (κ1) is 32.2. The van der Waals surface area contributed by atoms with Crippen LogP contribution in [0.15, 0.2) is 42.5 Å². The van der Waals surface area contributed by atoms with E-state index in [1.165, 1.54) is 19.1 Å². The van der Waals surface area contributed by atoms with Crippen molar-refractivity contribution in [2.75, 3.05) is 26.1 Å². The third-order valence-electron chi connectivity index (χ3n) is 6.53. The average Bonchev–Trinajstić information content (AvgIpc) is 2.96. The summed E-state index contributed by atoms with van der Waals surface area (Å²) in [7, 11) is 2.77. The number of esters is 1. The quantitative estimate of drug-likeness (QED) is 0.402. The summed E-state index contributed by atoms with van der Waals surface area (Å²) >= 11 is 0. The molecule has 11 nitrogen and oxygen atoms in total. The molecular formula is C30H38FN3O8. The first-order valence-electron chi connectivity index (χ1n) is 13.6. The third kappa shape index (κ3) is 8.58. The molecule has 3 atom stereocenters. The second-order valence-electron chi connectivity index (χ2n) is 10.7. The molecule has 0 unspecified atom stereocenters. The number of alkyl carbamates (subject to hydrolysis) is 1. The fourth-order valence-corrected chi connectivity index (χ4v) is 4.37. The molecule has 0 bridgehead atoms. The van der Waals surface area contributed by atoms with Crippen LogP contribution in [0.4, 0.5) is 14.9 Å². The lowest BCUT2D eigenvalue weighted by Gasteiger charge is -2.38. The van der Waals surface area contributed by atoms with Gasteiger partial charge < -0.3 is 34.5 Å². The monoisotopic (exact) mass is 587 g/mol. The van der Waals surface area contributed by atoms with E-state index in [-0.39, 0.29) is 26.0 Å². The molecule has 0 saturated carbocycles. The SMILES string of the molecule is CC[C@H](F)[C@@H](NC(=O)OC(C)(C)C)C(=O)N1Cc2cc(OCC(=O)OC)ccc2C[C@H]1C(=O)Nc1ccc(OC)cc1. The average molecular weight is 588 g/mol. The zero-order valence-electron chi connectivity index (χ0n) is 24.7. The number of hydrogen-bond acceptors (Lipinski definition) is 8. The minimum atomic E-state index is -1.74. The highest BCUT2D eigenvalue weighted by Crippen LogP contribution is 2.29. The molecule has 0 spiro atoms. The van der Waals surface area contributed by atoms with E-state index in [4.69, 9.17) is 14.2 Å². The molecule has 0 aliphatic carbocycles. The van der Waals surface area contributed by atoms with Gasteiger partial charge in [0.1, 0.15) is 35.4 Å². The number of carbonyl (C=O) groups excluding carboxylic acids is 4. The Morgan fingerprint density at radius 2 is 1.69 bits per heavy atom. The van der Waals surface area contributed by atoms with E-state index in [0.29, 0.717) is 22.7 Å².